The second-order valence-electron chi connectivity index (χ2n) is 3.55. The lowest BCUT2D eigenvalue weighted by Gasteiger charge is -2.31. The highest BCUT2D eigenvalue weighted by molar-refractivity contribution is 9.10. The molecule has 0 unspecified atom stereocenters. The van der Waals surface area contributed by atoms with Crippen LogP contribution < -0.4 is 4.74 Å². The lowest BCUT2D eigenvalue weighted by molar-refractivity contribution is 0.170. The van der Waals surface area contributed by atoms with Crippen LogP contribution in [0.5, 0.6) is 5.75 Å². The molecule has 2 nitrogen and oxygen atoms in total. The Hall–Kier alpha value is -0.540. The molecule has 0 spiro atoms. The maximum atomic E-state index is 5.34. The van der Waals surface area contributed by atoms with Crippen LogP contribution in [0.25, 0.3) is 0 Å². The van der Waals surface area contributed by atoms with Crippen molar-refractivity contribution in [1.29, 1.82) is 0 Å². The molecular weight excluding hydrogens is 242 g/mol. The summed E-state index contributed by atoms with van der Waals surface area (Å²) in [7, 11) is 1.72. The van der Waals surface area contributed by atoms with Gasteiger partial charge in [0.15, 0.2) is 0 Å². The van der Waals surface area contributed by atoms with Crippen LogP contribution >= 0.6 is 15.9 Å². The Morgan fingerprint density at radius 3 is 2.79 bits per heavy atom. The fourth-order valence-electron chi connectivity index (χ4n) is 1.65. The van der Waals surface area contributed by atoms with Crippen LogP contribution in [0.2, 0.25) is 0 Å². The van der Waals surface area contributed by atoms with Crippen molar-refractivity contribution in [1.82, 2.24) is 4.90 Å². The number of nitrogens with zero attached hydrogens (tertiary/aromatic N) is 1. The van der Waals surface area contributed by atoms with E-state index in [2.05, 4.69) is 26.9 Å². The van der Waals surface area contributed by atoms with E-state index in [9.17, 15) is 0 Å². The van der Waals surface area contributed by atoms with Gasteiger partial charge >= 0.3 is 0 Å². The molecule has 0 bridgehead atoms. The molecule has 0 saturated carbocycles. The van der Waals surface area contributed by atoms with Crippen molar-refractivity contribution in [3.63, 3.8) is 0 Å². The molecule has 1 saturated heterocycles. The minimum Gasteiger partial charge on any atom is -0.496 e. The van der Waals surface area contributed by atoms with Crippen molar-refractivity contribution >= 4 is 15.9 Å². The van der Waals surface area contributed by atoms with Gasteiger partial charge in [0.2, 0.25) is 0 Å². The van der Waals surface area contributed by atoms with E-state index in [4.69, 9.17) is 4.74 Å². The van der Waals surface area contributed by atoms with E-state index in [1.165, 1.54) is 25.1 Å². The van der Waals surface area contributed by atoms with Gasteiger partial charge in [-0.3, -0.25) is 4.90 Å². The quantitative estimate of drug-likeness (QED) is 0.824. The molecule has 14 heavy (non-hydrogen) atoms. The third-order valence-corrected chi connectivity index (χ3v) is 3.37. The summed E-state index contributed by atoms with van der Waals surface area (Å²) in [6.45, 7) is 3.42. The minimum atomic E-state index is 0.978. The van der Waals surface area contributed by atoms with E-state index in [1.807, 2.05) is 12.1 Å². The summed E-state index contributed by atoms with van der Waals surface area (Å²) in [5, 5.41) is 0. The first-order chi connectivity index (χ1) is 6.81. The normalized spacial score (nSPS) is 16.4. The average Bonchev–Trinajstić information content (AvgIpc) is 2.12. The van der Waals surface area contributed by atoms with E-state index in [0.717, 1.165) is 16.8 Å². The highest BCUT2D eigenvalue weighted by Crippen LogP contribution is 2.29. The van der Waals surface area contributed by atoms with Gasteiger partial charge in [0.1, 0.15) is 5.75 Å². The fraction of sp³-hybridized carbons (Fsp3) is 0.455. The number of benzene rings is 1. The highest BCUT2D eigenvalue weighted by atomic mass is 79.9. The summed E-state index contributed by atoms with van der Waals surface area (Å²) in [4.78, 5) is 2.42. The first-order valence-electron chi connectivity index (χ1n) is 4.85. The van der Waals surface area contributed by atoms with Gasteiger partial charge in [-0.05, 0) is 31.6 Å². The summed E-state index contributed by atoms with van der Waals surface area (Å²) >= 11 is 3.56. The standard InChI is InChI=1S/C11H14BrNO/c1-14-11-5-2-4-10(12)9(11)8-13-6-3-7-13/h2,4-5H,3,6-8H2,1H3. The largest absolute Gasteiger partial charge is 0.496 e. The predicted molar refractivity (Wildman–Crippen MR) is 60.6 cm³/mol. The zero-order chi connectivity index (χ0) is 9.97. The summed E-state index contributed by atoms with van der Waals surface area (Å²) in [5.41, 5.74) is 1.26. The van der Waals surface area contributed by atoms with Crippen molar-refractivity contribution in [3.05, 3.63) is 28.2 Å². The van der Waals surface area contributed by atoms with Crippen LogP contribution in [0, 0.1) is 0 Å². The molecular formula is C11H14BrNO. The molecule has 1 fully saturated rings. The number of hydrogen-bond acceptors (Lipinski definition) is 2. The second-order valence-corrected chi connectivity index (χ2v) is 4.40. The maximum absolute atomic E-state index is 5.34. The van der Waals surface area contributed by atoms with E-state index in [-0.39, 0.29) is 0 Å². The second kappa shape index (κ2) is 4.32. The molecule has 0 amide bonds. The van der Waals surface area contributed by atoms with E-state index >= 15 is 0 Å². The number of ether oxygens (including phenoxy) is 1. The van der Waals surface area contributed by atoms with Crippen LogP contribution in [0.3, 0.4) is 0 Å². The van der Waals surface area contributed by atoms with Crippen LogP contribution in [-0.2, 0) is 6.54 Å². The lowest BCUT2D eigenvalue weighted by atomic mass is 10.1. The number of methoxy groups -OCH3 is 1. The van der Waals surface area contributed by atoms with Crippen molar-refractivity contribution in [2.24, 2.45) is 0 Å². The van der Waals surface area contributed by atoms with Gasteiger partial charge in [-0.2, -0.15) is 0 Å². The third kappa shape index (κ3) is 1.93. The molecule has 0 aliphatic carbocycles. The molecule has 1 aliphatic heterocycles. The smallest absolute Gasteiger partial charge is 0.124 e. The Morgan fingerprint density at radius 2 is 2.21 bits per heavy atom. The summed E-state index contributed by atoms with van der Waals surface area (Å²) in [5.74, 6) is 0.978. The Bertz CT molecular complexity index is 323. The third-order valence-electron chi connectivity index (χ3n) is 2.63. The molecule has 0 N–H and O–H groups in total. The molecule has 0 radical (unpaired) electrons. The molecule has 76 valence electrons. The predicted octanol–water partition coefficient (Wildman–Crippen LogP) is 2.66. The van der Waals surface area contributed by atoms with Crippen molar-refractivity contribution in [3.8, 4) is 5.75 Å². The summed E-state index contributed by atoms with van der Waals surface area (Å²) in [6, 6.07) is 6.08. The van der Waals surface area contributed by atoms with Crippen molar-refractivity contribution < 1.29 is 4.74 Å². The van der Waals surface area contributed by atoms with Gasteiger partial charge in [-0.25, -0.2) is 0 Å². The molecule has 0 aromatic heterocycles. The van der Waals surface area contributed by atoms with Gasteiger partial charge in [0.05, 0.1) is 7.11 Å². The first-order valence-corrected chi connectivity index (χ1v) is 5.64. The topological polar surface area (TPSA) is 12.5 Å². The Morgan fingerprint density at radius 1 is 1.43 bits per heavy atom. The number of hydrogen-bond donors (Lipinski definition) is 0. The molecule has 3 heteroatoms. The Balaban J connectivity index is 2.19. The Kier molecular flexibility index (Phi) is 3.08. The summed E-state index contributed by atoms with van der Waals surface area (Å²) in [6.07, 6.45) is 1.33. The van der Waals surface area contributed by atoms with E-state index in [1.54, 1.807) is 7.11 Å². The van der Waals surface area contributed by atoms with Crippen LogP contribution in [0.1, 0.15) is 12.0 Å². The van der Waals surface area contributed by atoms with Gasteiger partial charge < -0.3 is 4.74 Å². The van der Waals surface area contributed by atoms with Gasteiger partial charge in [-0.15, -0.1) is 0 Å². The summed E-state index contributed by atoms with van der Waals surface area (Å²) < 4.78 is 6.48. The van der Waals surface area contributed by atoms with Gasteiger partial charge in [-0.1, -0.05) is 22.0 Å². The number of halogens is 1. The molecule has 1 aromatic carbocycles. The highest BCUT2D eigenvalue weighted by Gasteiger charge is 2.17. The van der Waals surface area contributed by atoms with E-state index < -0.39 is 0 Å². The van der Waals surface area contributed by atoms with Crippen LogP contribution in [0.15, 0.2) is 22.7 Å². The molecule has 1 aliphatic rings. The zero-order valence-electron chi connectivity index (χ0n) is 8.29. The van der Waals surface area contributed by atoms with Crippen molar-refractivity contribution in [2.45, 2.75) is 13.0 Å². The maximum Gasteiger partial charge on any atom is 0.124 e. The van der Waals surface area contributed by atoms with Crippen molar-refractivity contribution in [2.75, 3.05) is 20.2 Å². The molecule has 0 atom stereocenters. The molecule has 2 rings (SSSR count). The number of rotatable bonds is 3. The first kappa shape index (κ1) is 9.99. The van der Waals surface area contributed by atoms with Crippen LogP contribution in [-0.4, -0.2) is 25.1 Å². The molecule has 1 heterocycles. The minimum absolute atomic E-state index is 0.978. The van der Waals surface area contributed by atoms with E-state index in [0.29, 0.717) is 0 Å². The van der Waals surface area contributed by atoms with Crippen LogP contribution in [0.4, 0.5) is 0 Å². The SMILES string of the molecule is COc1cccc(Br)c1CN1CCC1. The zero-order valence-corrected chi connectivity index (χ0v) is 9.88. The monoisotopic (exact) mass is 255 g/mol. The Labute approximate surface area is 93.0 Å². The fourth-order valence-corrected chi connectivity index (χ4v) is 2.12. The van der Waals surface area contributed by atoms with Gasteiger partial charge in [0.25, 0.3) is 0 Å². The lowest BCUT2D eigenvalue weighted by Crippen LogP contribution is -2.36. The average molecular weight is 256 g/mol. The molecule has 1 aromatic rings. The van der Waals surface area contributed by atoms with Gasteiger partial charge in [0, 0.05) is 16.6 Å². The number of likely N-dealkylation sites (tertiary alicyclic amines) is 1.